The molecule has 1 saturated heterocycles. The number of nitrogens with one attached hydrogen (secondary N) is 1. The largest absolute Gasteiger partial charge is 0.463 e. The Labute approximate surface area is 120 Å². The molecule has 1 unspecified atom stereocenters. The summed E-state index contributed by atoms with van der Waals surface area (Å²) < 4.78 is 10.2. The van der Waals surface area contributed by atoms with E-state index >= 15 is 0 Å². The quantitative estimate of drug-likeness (QED) is 0.806. The summed E-state index contributed by atoms with van der Waals surface area (Å²) in [5, 5.41) is 3.44. The maximum absolute atomic E-state index is 11.4. The Bertz CT molecular complexity index is 425. The molecule has 1 aromatic heterocycles. The van der Waals surface area contributed by atoms with Gasteiger partial charge in [-0.15, -0.1) is 0 Å². The normalized spacial score (nSPS) is 19.2. The van der Waals surface area contributed by atoms with Crippen LogP contribution in [0.3, 0.4) is 0 Å². The van der Waals surface area contributed by atoms with Crippen molar-refractivity contribution in [3.8, 4) is 0 Å². The lowest BCUT2D eigenvalue weighted by atomic mass is 9.99. The van der Waals surface area contributed by atoms with Crippen molar-refractivity contribution in [1.82, 2.24) is 10.2 Å². The smallest absolute Gasteiger partial charge is 0.373 e. The van der Waals surface area contributed by atoms with Crippen LogP contribution in [0.5, 0.6) is 0 Å². The summed E-state index contributed by atoms with van der Waals surface area (Å²) in [7, 11) is 1.36. The van der Waals surface area contributed by atoms with E-state index in [1.165, 1.54) is 20.0 Å². The number of carbonyl (C=O) groups is 1. The zero-order valence-electron chi connectivity index (χ0n) is 12.4. The van der Waals surface area contributed by atoms with Crippen molar-refractivity contribution in [3.05, 3.63) is 23.7 Å². The van der Waals surface area contributed by atoms with Gasteiger partial charge in [0, 0.05) is 6.54 Å². The van der Waals surface area contributed by atoms with Gasteiger partial charge >= 0.3 is 5.97 Å². The monoisotopic (exact) mass is 280 g/mol. The second-order valence-electron chi connectivity index (χ2n) is 5.30. The minimum atomic E-state index is -0.421. The molecule has 1 N–H and O–H groups in total. The number of rotatable bonds is 6. The van der Waals surface area contributed by atoms with Crippen LogP contribution in [0.1, 0.15) is 36.1 Å². The van der Waals surface area contributed by atoms with Gasteiger partial charge in [0.1, 0.15) is 5.76 Å². The first-order chi connectivity index (χ1) is 9.72. The van der Waals surface area contributed by atoms with E-state index < -0.39 is 5.97 Å². The Hall–Kier alpha value is -1.33. The minimum absolute atomic E-state index is 0.276. The van der Waals surface area contributed by atoms with Crippen LogP contribution in [0.2, 0.25) is 0 Å². The van der Waals surface area contributed by atoms with Gasteiger partial charge in [0.25, 0.3) is 0 Å². The fraction of sp³-hybridized carbons (Fsp3) is 0.667. The Kier molecular flexibility index (Phi) is 5.61. The lowest BCUT2D eigenvalue weighted by Gasteiger charge is -2.28. The zero-order valence-corrected chi connectivity index (χ0v) is 12.4. The van der Waals surface area contributed by atoms with Gasteiger partial charge in [-0.2, -0.15) is 0 Å². The summed E-state index contributed by atoms with van der Waals surface area (Å²) in [5.74, 6) is 1.38. The van der Waals surface area contributed by atoms with Crippen LogP contribution in [0.4, 0.5) is 0 Å². The van der Waals surface area contributed by atoms with Crippen molar-refractivity contribution >= 4 is 5.97 Å². The molecule has 0 bridgehead atoms. The molecule has 2 heterocycles. The molecule has 1 atom stereocenters. The maximum Gasteiger partial charge on any atom is 0.373 e. The highest BCUT2D eigenvalue weighted by Crippen LogP contribution is 2.15. The third-order valence-corrected chi connectivity index (χ3v) is 3.79. The predicted molar refractivity (Wildman–Crippen MR) is 76.6 cm³/mol. The van der Waals surface area contributed by atoms with Gasteiger partial charge in [-0.25, -0.2) is 4.79 Å². The first-order valence-electron chi connectivity index (χ1n) is 7.33. The summed E-state index contributed by atoms with van der Waals surface area (Å²) in [6, 6.07) is 3.53. The second-order valence-corrected chi connectivity index (χ2v) is 5.30. The molecular weight excluding hydrogens is 256 g/mol. The highest BCUT2D eigenvalue weighted by molar-refractivity contribution is 5.86. The molecule has 0 amide bonds. The third-order valence-electron chi connectivity index (χ3n) is 3.79. The number of ether oxygens (including phenoxy) is 1. The van der Waals surface area contributed by atoms with Crippen LogP contribution in [-0.2, 0) is 11.3 Å². The van der Waals surface area contributed by atoms with Crippen molar-refractivity contribution in [1.29, 1.82) is 0 Å². The lowest BCUT2D eigenvalue weighted by molar-refractivity contribution is 0.0560. The molecule has 1 aliphatic rings. The topological polar surface area (TPSA) is 54.7 Å². The van der Waals surface area contributed by atoms with Crippen molar-refractivity contribution < 1.29 is 13.9 Å². The molecule has 1 aromatic rings. The first kappa shape index (κ1) is 15.1. The molecule has 0 spiro atoms. The first-order valence-corrected chi connectivity index (χ1v) is 7.33. The molecule has 0 radical (unpaired) electrons. The van der Waals surface area contributed by atoms with Crippen LogP contribution in [-0.4, -0.2) is 44.2 Å². The molecule has 112 valence electrons. The number of nitrogens with zero attached hydrogens (tertiary/aromatic N) is 1. The summed E-state index contributed by atoms with van der Waals surface area (Å²) >= 11 is 0. The van der Waals surface area contributed by atoms with Crippen molar-refractivity contribution in [2.24, 2.45) is 5.92 Å². The fourth-order valence-electron chi connectivity index (χ4n) is 2.64. The highest BCUT2D eigenvalue weighted by Gasteiger charge is 2.18. The van der Waals surface area contributed by atoms with E-state index in [-0.39, 0.29) is 5.76 Å². The van der Waals surface area contributed by atoms with Crippen LogP contribution in [0.15, 0.2) is 16.5 Å². The molecule has 1 fully saturated rings. The number of methoxy groups -OCH3 is 1. The fourth-order valence-corrected chi connectivity index (χ4v) is 2.64. The van der Waals surface area contributed by atoms with Crippen LogP contribution in [0.25, 0.3) is 0 Å². The molecule has 5 nitrogen and oxygen atoms in total. The number of hydrogen-bond donors (Lipinski definition) is 1. The van der Waals surface area contributed by atoms with Gasteiger partial charge in [-0.1, -0.05) is 6.92 Å². The van der Waals surface area contributed by atoms with E-state index in [1.807, 2.05) is 6.07 Å². The van der Waals surface area contributed by atoms with Gasteiger partial charge in [0.2, 0.25) is 5.76 Å². The van der Waals surface area contributed by atoms with E-state index in [0.717, 1.165) is 38.5 Å². The number of carbonyl (C=O) groups excluding carboxylic acids is 1. The molecule has 1 aliphatic heterocycles. The van der Waals surface area contributed by atoms with E-state index in [4.69, 9.17) is 4.42 Å². The van der Waals surface area contributed by atoms with Crippen LogP contribution in [0, 0.1) is 5.92 Å². The Morgan fingerprint density at radius 1 is 1.55 bits per heavy atom. The molecule has 5 heteroatoms. The van der Waals surface area contributed by atoms with Gasteiger partial charge in [0.15, 0.2) is 0 Å². The summed E-state index contributed by atoms with van der Waals surface area (Å²) in [6.45, 7) is 7.18. The zero-order chi connectivity index (χ0) is 14.4. The summed E-state index contributed by atoms with van der Waals surface area (Å²) in [6.07, 6.45) is 2.55. The molecule has 0 aliphatic carbocycles. The Balaban J connectivity index is 1.88. The number of esters is 1. The van der Waals surface area contributed by atoms with Crippen LogP contribution < -0.4 is 5.32 Å². The van der Waals surface area contributed by atoms with Crippen LogP contribution >= 0.6 is 0 Å². The second kappa shape index (κ2) is 7.45. The van der Waals surface area contributed by atoms with Crippen molar-refractivity contribution in [2.45, 2.75) is 26.3 Å². The minimum Gasteiger partial charge on any atom is -0.463 e. The highest BCUT2D eigenvalue weighted by atomic mass is 16.5. The van der Waals surface area contributed by atoms with E-state index in [2.05, 4.69) is 21.9 Å². The Morgan fingerprint density at radius 3 is 3.05 bits per heavy atom. The average Bonchev–Trinajstić information content (AvgIpc) is 2.95. The molecule has 0 saturated carbocycles. The van der Waals surface area contributed by atoms with Crippen molar-refractivity contribution in [3.63, 3.8) is 0 Å². The van der Waals surface area contributed by atoms with Crippen molar-refractivity contribution in [2.75, 3.05) is 33.3 Å². The number of piperidine rings is 1. The van der Waals surface area contributed by atoms with E-state index in [9.17, 15) is 4.79 Å². The molecule has 2 rings (SSSR count). The molecular formula is C15H24N2O3. The van der Waals surface area contributed by atoms with Gasteiger partial charge in [-0.05, 0) is 50.5 Å². The number of hydrogen-bond acceptors (Lipinski definition) is 5. The average molecular weight is 280 g/mol. The predicted octanol–water partition coefficient (Wildman–Crippen LogP) is 1.89. The van der Waals surface area contributed by atoms with Gasteiger partial charge < -0.3 is 14.5 Å². The van der Waals surface area contributed by atoms with Gasteiger partial charge in [0.05, 0.1) is 13.7 Å². The number of furan rings is 1. The summed E-state index contributed by atoms with van der Waals surface area (Å²) in [5.41, 5.74) is 0. The summed E-state index contributed by atoms with van der Waals surface area (Å²) in [4.78, 5) is 13.7. The third kappa shape index (κ3) is 4.08. The molecule has 0 aromatic carbocycles. The standard InChI is InChI=1S/C15H24N2O3/c1-3-17(10-12-5-4-8-16-9-12)11-13-6-7-14(20-13)15(18)19-2/h6-7,12,16H,3-5,8-11H2,1-2H3. The van der Waals surface area contributed by atoms with Gasteiger partial charge in [-0.3, -0.25) is 4.90 Å². The molecule has 20 heavy (non-hydrogen) atoms. The van der Waals surface area contributed by atoms with E-state index in [1.54, 1.807) is 6.07 Å². The SMILES string of the molecule is CCN(Cc1ccc(C(=O)OC)o1)CC1CCCNC1. The maximum atomic E-state index is 11.4. The lowest BCUT2D eigenvalue weighted by Crippen LogP contribution is -2.38. The Morgan fingerprint density at radius 2 is 2.40 bits per heavy atom. The van der Waals surface area contributed by atoms with E-state index in [0.29, 0.717) is 5.92 Å².